The molecular formula is C24H16FN3O6. The number of anilines is 1. The number of hydrogen-bond donors (Lipinski definition) is 1. The number of nitrogens with one attached hydrogen (secondary N) is 1. The molecule has 4 rings (SSSR count). The number of rotatable bonds is 6. The monoisotopic (exact) mass is 461 g/mol. The summed E-state index contributed by atoms with van der Waals surface area (Å²) in [5.41, 5.74) is 0.347. The van der Waals surface area contributed by atoms with E-state index < -0.39 is 22.8 Å². The summed E-state index contributed by atoms with van der Waals surface area (Å²) in [5.74, 6) is -1.80. The Hall–Kier alpha value is -4.86. The number of carbonyl (C=O) groups is 3. The number of nitro groups is 1. The standard InChI is InChI=1S/C24H16FN3O6/c25-17-6-1-5-16(10-17)14-34-20-9-2-4-15(11-20)12-21-22(29)26-24(31)27(23(21)30)18-7-3-8-19(13-18)28(32)33/h1-13H,14H2,(H,26,29,31). The van der Waals surface area contributed by atoms with Crippen LogP contribution >= 0.6 is 0 Å². The number of carbonyl (C=O) groups excluding carboxylic acids is 3. The molecule has 4 amide bonds. The quantitative estimate of drug-likeness (QED) is 0.257. The van der Waals surface area contributed by atoms with Crippen LogP contribution in [-0.2, 0) is 16.2 Å². The molecule has 1 aliphatic heterocycles. The molecule has 0 aromatic heterocycles. The Morgan fingerprint density at radius 2 is 1.76 bits per heavy atom. The Kier molecular flexibility index (Phi) is 6.13. The van der Waals surface area contributed by atoms with E-state index in [0.29, 0.717) is 21.8 Å². The Bertz CT molecular complexity index is 1350. The summed E-state index contributed by atoms with van der Waals surface area (Å²) in [6, 6.07) is 16.4. The van der Waals surface area contributed by atoms with Crippen molar-refractivity contribution < 1.29 is 28.4 Å². The van der Waals surface area contributed by atoms with Crippen molar-refractivity contribution in [2.75, 3.05) is 4.90 Å². The number of non-ortho nitro benzene ring substituents is 1. The maximum Gasteiger partial charge on any atom is 0.335 e. The molecular weight excluding hydrogens is 445 g/mol. The van der Waals surface area contributed by atoms with Gasteiger partial charge in [0.1, 0.15) is 23.7 Å². The second-order valence-corrected chi connectivity index (χ2v) is 7.23. The van der Waals surface area contributed by atoms with Gasteiger partial charge in [0.05, 0.1) is 10.6 Å². The zero-order valence-corrected chi connectivity index (χ0v) is 17.4. The SMILES string of the molecule is O=C1NC(=O)N(c2cccc([N+](=O)[O-])c2)C(=O)C1=Cc1cccc(OCc2cccc(F)c2)c1. The molecule has 3 aromatic carbocycles. The summed E-state index contributed by atoms with van der Waals surface area (Å²) in [7, 11) is 0. The maximum absolute atomic E-state index is 13.3. The Morgan fingerprint density at radius 1 is 1.00 bits per heavy atom. The molecule has 1 N–H and O–H groups in total. The molecule has 1 saturated heterocycles. The fraction of sp³-hybridized carbons (Fsp3) is 0.0417. The van der Waals surface area contributed by atoms with Crippen molar-refractivity contribution in [3.05, 3.63) is 105 Å². The first-order valence-electron chi connectivity index (χ1n) is 9.95. The van der Waals surface area contributed by atoms with E-state index in [4.69, 9.17) is 4.74 Å². The highest BCUT2D eigenvalue weighted by Crippen LogP contribution is 2.26. The minimum absolute atomic E-state index is 0.0534. The predicted octanol–water partition coefficient (Wildman–Crippen LogP) is 3.98. The Labute approximate surface area is 192 Å². The first kappa shape index (κ1) is 22.3. The number of urea groups is 1. The van der Waals surface area contributed by atoms with Crippen LogP contribution in [0.25, 0.3) is 6.08 Å². The van der Waals surface area contributed by atoms with Gasteiger partial charge < -0.3 is 4.74 Å². The minimum atomic E-state index is -1.01. The molecule has 0 radical (unpaired) electrons. The number of nitro benzene ring substituents is 1. The van der Waals surface area contributed by atoms with Crippen molar-refractivity contribution in [2.45, 2.75) is 6.61 Å². The number of benzene rings is 3. The lowest BCUT2D eigenvalue weighted by Crippen LogP contribution is -2.54. The number of barbiturate groups is 1. The molecule has 10 heteroatoms. The average molecular weight is 461 g/mol. The van der Waals surface area contributed by atoms with Crippen LogP contribution < -0.4 is 15.0 Å². The topological polar surface area (TPSA) is 119 Å². The van der Waals surface area contributed by atoms with Gasteiger partial charge in [-0.25, -0.2) is 14.1 Å². The molecule has 3 aromatic rings. The van der Waals surface area contributed by atoms with Crippen LogP contribution in [0.5, 0.6) is 5.75 Å². The molecule has 0 bridgehead atoms. The highest BCUT2D eigenvalue weighted by atomic mass is 19.1. The van der Waals surface area contributed by atoms with E-state index in [0.717, 1.165) is 6.07 Å². The van der Waals surface area contributed by atoms with E-state index in [1.807, 2.05) is 0 Å². The van der Waals surface area contributed by atoms with Crippen molar-refractivity contribution in [3.8, 4) is 5.75 Å². The molecule has 1 aliphatic rings. The minimum Gasteiger partial charge on any atom is -0.489 e. The number of amides is 4. The number of ether oxygens (including phenoxy) is 1. The molecule has 0 saturated carbocycles. The lowest BCUT2D eigenvalue weighted by atomic mass is 10.1. The zero-order valence-electron chi connectivity index (χ0n) is 17.4. The summed E-state index contributed by atoms with van der Waals surface area (Å²) in [6.45, 7) is 0.103. The highest BCUT2D eigenvalue weighted by molar-refractivity contribution is 6.39. The molecule has 0 aliphatic carbocycles. The van der Waals surface area contributed by atoms with Crippen molar-refractivity contribution in [1.29, 1.82) is 0 Å². The summed E-state index contributed by atoms with van der Waals surface area (Å²) >= 11 is 0. The third-order valence-corrected chi connectivity index (χ3v) is 4.86. The van der Waals surface area contributed by atoms with E-state index in [2.05, 4.69) is 5.32 Å². The van der Waals surface area contributed by atoms with Gasteiger partial charge in [0, 0.05) is 12.1 Å². The van der Waals surface area contributed by atoms with E-state index in [1.54, 1.807) is 36.4 Å². The summed E-state index contributed by atoms with van der Waals surface area (Å²) < 4.78 is 19.0. The van der Waals surface area contributed by atoms with Crippen LogP contribution in [0.3, 0.4) is 0 Å². The number of halogens is 1. The van der Waals surface area contributed by atoms with E-state index >= 15 is 0 Å². The van der Waals surface area contributed by atoms with Crippen LogP contribution in [0.4, 0.5) is 20.6 Å². The van der Waals surface area contributed by atoms with Crippen LogP contribution in [0.2, 0.25) is 0 Å². The molecule has 0 atom stereocenters. The largest absolute Gasteiger partial charge is 0.489 e. The van der Waals surface area contributed by atoms with Gasteiger partial charge in [-0.2, -0.15) is 0 Å². The van der Waals surface area contributed by atoms with Gasteiger partial charge in [-0.05, 0) is 47.5 Å². The van der Waals surface area contributed by atoms with Crippen molar-refractivity contribution in [1.82, 2.24) is 5.32 Å². The molecule has 1 heterocycles. The van der Waals surface area contributed by atoms with Crippen LogP contribution in [0.1, 0.15) is 11.1 Å². The number of nitrogens with zero attached hydrogens (tertiary/aromatic N) is 2. The molecule has 0 unspecified atom stereocenters. The second-order valence-electron chi connectivity index (χ2n) is 7.23. The van der Waals surface area contributed by atoms with Gasteiger partial charge in [0.2, 0.25) is 0 Å². The zero-order chi connectivity index (χ0) is 24.2. The Morgan fingerprint density at radius 3 is 2.53 bits per heavy atom. The summed E-state index contributed by atoms with van der Waals surface area (Å²) in [5, 5.41) is 13.1. The van der Waals surface area contributed by atoms with Crippen molar-refractivity contribution >= 4 is 35.3 Å². The number of hydrogen-bond acceptors (Lipinski definition) is 6. The van der Waals surface area contributed by atoms with E-state index in [9.17, 15) is 28.9 Å². The van der Waals surface area contributed by atoms with Gasteiger partial charge in [0.15, 0.2) is 0 Å². The molecule has 170 valence electrons. The van der Waals surface area contributed by atoms with Crippen LogP contribution in [0.15, 0.2) is 78.4 Å². The first-order chi connectivity index (χ1) is 16.3. The van der Waals surface area contributed by atoms with Gasteiger partial charge in [0.25, 0.3) is 17.5 Å². The van der Waals surface area contributed by atoms with E-state index in [-0.39, 0.29) is 29.4 Å². The van der Waals surface area contributed by atoms with Crippen LogP contribution in [0, 0.1) is 15.9 Å². The fourth-order valence-corrected chi connectivity index (χ4v) is 3.29. The second kappa shape index (κ2) is 9.33. The van der Waals surface area contributed by atoms with Crippen LogP contribution in [-0.4, -0.2) is 22.8 Å². The maximum atomic E-state index is 13.3. The Balaban J connectivity index is 1.59. The summed E-state index contributed by atoms with van der Waals surface area (Å²) in [4.78, 5) is 48.7. The van der Waals surface area contributed by atoms with Gasteiger partial charge in [-0.15, -0.1) is 0 Å². The lowest BCUT2D eigenvalue weighted by molar-refractivity contribution is -0.384. The first-order valence-corrected chi connectivity index (χ1v) is 9.95. The normalized spacial score (nSPS) is 14.8. The summed E-state index contributed by atoms with van der Waals surface area (Å²) in [6.07, 6.45) is 1.28. The average Bonchev–Trinajstić information content (AvgIpc) is 2.81. The molecule has 0 spiro atoms. The smallest absolute Gasteiger partial charge is 0.335 e. The van der Waals surface area contributed by atoms with Crippen molar-refractivity contribution in [2.24, 2.45) is 0 Å². The third kappa shape index (κ3) is 4.80. The van der Waals surface area contributed by atoms with E-state index in [1.165, 1.54) is 36.4 Å². The number of imide groups is 2. The van der Waals surface area contributed by atoms with Gasteiger partial charge in [-0.3, -0.25) is 25.0 Å². The highest BCUT2D eigenvalue weighted by Gasteiger charge is 2.37. The molecule has 1 fully saturated rings. The van der Waals surface area contributed by atoms with Crippen molar-refractivity contribution in [3.63, 3.8) is 0 Å². The van der Waals surface area contributed by atoms with Gasteiger partial charge in [-0.1, -0.05) is 30.3 Å². The fourth-order valence-electron chi connectivity index (χ4n) is 3.29. The van der Waals surface area contributed by atoms with Gasteiger partial charge >= 0.3 is 6.03 Å². The lowest BCUT2D eigenvalue weighted by Gasteiger charge is -2.26. The molecule has 9 nitrogen and oxygen atoms in total. The third-order valence-electron chi connectivity index (χ3n) is 4.86. The predicted molar refractivity (Wildman–Crippen MR) is 119 cm³/mol. The molecule has 34 heavy (non-hydrogen) atoms.